The highest BCUT2D eigenvalue weighted by molar-refractivity contribution is 7.89. The fraction of sp³-hybridized carbons (Fsp3) is 0.379. The molecule has 0 heterocycles. The Morgan fingerprint density at radius 3 is 2.44 bits per heavy atom. The van der Waals surface area contributed by atoms with Crippen molar-refractivity contribution >= 4 is 10.0 Å². The Kier molecular flexibility index (Phi) is 8.77. The molecule has 0 radical (unpaired) electrons. The predicted octanol–water partition coefficient (Wildman–Crippen LogP) is 5.15. The Morgan fingerprint density at radius 1 is 0.972 bits per heavy atom. The Labute approximate surface area is 214 Å². The molecule has 0 saturated carbocycles. The molecule has 0 amide bonds. The average molecular weight is 511 g/mol. The zero-order chi connectivity index (χ0) is 25.5. The van der Waals surface area contributed by atoms with Crippen LogP contribution in [-0.2, 0) is 29.4 Å². The number of nitrogens with zero attached hydrogens (tertiary/aromatic N) is 2. The molecule has 0 aromatic heterocycles. The minimum absolute atomic E-state index is 0.113. The van der Waals surface area contributed by atoms with Crippen LogP contribution < -0.4 is 4.74 Å². The summed E-state index contributed by atoms with van der Waals surface area (Å²) < 4.78 is 46.0. The maximum atomic E-state index is 13.2. The lowest BCUT2D eigenvalue weighted by molar-refractivity contribution is 0.205. The van der Waals surface area contributed by atoms with Gasteiger partial charge in [-0.1, -0.05) is 42.5 Å². The van der Waals surface area contributed by atoms with Gasteiger partial charge in [-0.25, -0.2) is 17.1 Å². The number of sulfonamides is 1. The molecule has 0 N–H and O–H groups in total. The van der Waals surface area contributed by atoms with E-state index in [0.29, 0.717) is 18.9 Å². The molecule has 0 spiro atoms. The van der Waals surface area contributed by atoms with Crippen molar-refractivity contribution in [2.45, 2.75) is 37.1 Å². The van der Waals surface area contributed by atoms with Crippen LogP contribution in [-0.4, -0.2) is 51.4 Å². The van der Waals surface area contributed by atoms with Crippen molar-refractivity contribution in [2.24, 2.45) is 5.92 Å². The highest BCUT2D eigenvalue weighted by Gasteiger charge is 2.24. The van der Waals surface area contributed by atoms with Gasteiger partial charge >= 0.3 is 0 Å². The van der Waals surface area contributed by atoms with E-state index < -0.39 is 15.8 Å². The van der Waals surface area contributed by atoms with Gasteiger partial charge in [-0.2, -0.15) is 0 Å². The Morgan fingerprint density at radius 2 is 1.72 bits per heavy atom. The summed E-state index contributed by atoms with van der Waals surface area (Å²) in [4.78, 5) is 2.56. The van der Waals surface area contributed by atoms with E-state index in [2.05, 4.69) is 41.3 Å². The van der Waals surface area contributed by atoms with E-state index in [1.54, 1.807) is 14.2 Å². The van der Waals surface area contributed by atoms with Crippen molar-refractivity contribution in [3.05, 3.63) is 95.3 Å². The first-order chi connectivity index (χ1) is 17.4. The number of ether oxygens (including phenoxy) is 1. The van der Waals surface area contributed by atoms with E-state index in [9.17, 15) is 12.8 Å². The minimum Gasteiger partial charge on any atom is -0.496 e. The van der Waals surface area contributed by atoms with Gasteiger partial charge < -0.3 is 4.74 Å². The number of aryl methyl sites for hydroxylation is 1. The van der Waals surface area contributed by atoms with Gasteiger partial charge in [0.05, 0.1) is 12.0 Å². The van der Waals surface area contributed by atoms with Gasteiger partial charge in [0.1, 0.15) is 11.6 Å². The van der Waals surface area contributed by atoms with Crippen LogP contribution in [0.4, 0.5) is 4.39 Å². The van der Waals surface area contributed by atoms with Crippen LogP contribution in [0, 0.1) is 11.7 Å². The SMILES string of the molecule is COc1cccc2c1CC(CN(CCCN(C)S(=O)(=O)c1ccc(F)cc1)Cc1ccccc1)CC2. The topological polar surface area (TPSA) is 49.9 Å². The van der Waals surface area contributed by atoms with Crippen molar-refractivity contribution < 1.29 is 17.5 Å². The van der Waals surface area contributed by atoms with Crippen LogP contribution in [0.2, 0.25) is 0 Å². The monoisotopic (exact) mass is 510 g/mol. The van der Waals surface area contributed by atoms with Gasteiger partial charge in [-0.3, -0.25) is 4.90 Å². The van der Waals surface area contributed by atoms with Gasteiger partial charge in [0.15, 0.2) is 0 Å². The molecule has 0 aliphatic heterocycles. The molecule has 1 aliphatic rings. The van der Waals surface area contributed by atoms with E-state index in [-0.39, 0.29) is 4.90 Å². The third kappa shape index (κ3) is 6.52. The third-order valence-electron chi connectivity index (χ3n) is 7.00. The molecule has 1 unspecified atom stereocenters. The van der Waals surface area contributed by atoms with Crippen LogP contribution in [0.3, 0.4) is 0 Å². The molecule has 4 rings (SSSR count). The summed E-state index contributed by atoms with van der Waals surface area (Å²) in [7, 11) is -0.325. The fourth-order valence-electron chi connectivity index (χ4n) is 5.04. The molecule has 7 heteroatoms. The van der Waals surface area contributed by atoms with Crippen LogP contribution in [0.1, 0.15) is 29.5 Å². The zero-order valence-corrected chi connectivity index (χ0v) is 21.9. The molecule has 1 atom stereocenters. The Hall–Kier alpha value is -2.74. The fourth-order valence-corrected chi connectivity index (χ4v) is 6.25. The average Bonchev–Trinajstić information content (AvgIpc) is 2.89. The molecule has 36 heavy (non-hydrogen) atoms. The van der Waals surface area contributed by atoms with E-state index >= 15 is 0 Å². The summed E-state index contributed by atoms with van der Waals surface area (Å²) in [5.41, 5.74) is 3.95. The lowest BCUT2D eigenvalue weighted by atomic mass is 9.83. The number of methoxy groups -OCH3 is 1. The van der Waals surface area contributed by atoms with Crippen LogP contribution in [0.25, 0.3) is 0 Å². The molecule has 3 aromatic rings. The lowest BCUT2D eigenvalue weighted by Crippen LogP contribution is -2.35. The second-order valence-electron chi connectivity index (χ2n) is 9.56. The van der Waals surface area contributed by atoms with Crippen molar-refractivity contribution in [1.82, 2.24) is 9.21 Å². The molecule has 0 bridgehead atoms. The second-order valence-corrected chi connectivity index (χ2v) is 11.6. The number of fused-ring (bicyclic) bond motifs is 1. The predicted molar refractivity (Wildman–Crippen MR) is 141 cm³/mol. The van der Waals surface area contributed by atoms with Crippen molar-refractivity contribution in [1.29, 1.82) is 0 Å². The summed E-state index contributed by atoms with van der Waals surface area (Å²) in [6.45, 7) is 2.95. The summed E-state index contributed by atoms with van der Waals surface area (Å²) >= 11 is 0. The van der Waals surface area contributed by atoms with Crippen molar-refractivity contribution in [3.8, 4) is 5.75 Å². The molecule has 192 valence electrons. The van der Waals surface area contributed by atoms with Gasteiger partial charge in [0.2, 0.25) is 10.0 Å². The molecule has 5 nitrogen and oxygen atoms in total. The van der Waals surface area contributed by atoms with E-state index in [1.807, 2.05) is 12.1 Å². The quantitative estimate of drug-likeness (QED) is 0.358. The van der Waals surface area contributed by atoms with E-state index in [0.717, 1.165) is 44.6 Å². The Bertz CT molecular complexity index is 1220. The summed E-state index contributed by atoms with van der Waals surface area (Å²) in [5, 5.41) is 0. The van der Waals surface area contributed by atoms with E-state index in [1.165, 1.54) is 45.3 Å². The van der Waals surface area contributed by atoms with Gasteiger partial charge in [0.25, 0.3) is 0 Å². The van der Waals surface area contributed by atoms with Crippen molar-refractivity contribution in [3.63, 3.8) is 0 Å². The summed E-state index contributed by atoms with van der Waals surface area (Å²) in [6.07, 6.45) is 3.87. The first-order valence-electron chi connectivity index (χ1n) is 12.5. The van der Waals surface area contributed by atoms with Crippen LogP contribution >= 0.6 is 0 Å². The number of benzene rings is 3. The summed E-state index contributed by atoms with van der Waals surface area (Å²) in [6, 6.07) is 21.7. The Balaban J connectivity index is 1.40. The zero-order valence-electron chi connectivity index (χ0n) is 21.1. The largest absolute Gasteiger partial charge is 0.496 e. The highest BCUT2D eigenvalue weighted by atomic mass is 32.2. The lowest BCUT2D eigenvalue weighted by Gasteiger charge is -2.32. The first-order valence-corrected chi connectivity index (χ1v) is 13.9. The van der Waals surface area contributed by atoms with E-state index in [4.69, 9.17) is 4.74 Å². The van der Waals surface area contributed by atoms with Gasteiger partial charge in [0, 0.05) is 26.7 Å². The number of halogens is 1. The van der Waals surface area contributed by atoms with Gasteiger partial charge in [-0.15, -0.1) is 0 Å². The van der Waals surface area contributed by atoms with Crippen LogP contribution in [0.5, 0.6) is 5.75 Å². The molecule has 1 aliphatic carbocycles. The van der Waals surface area contributed by atoms with Crippen LogP contribution in [0.15, 0.2) is 77.7 Å². The van der Waals surface area contributed by atoms with Gasteiger partial charge in [-0.05, 0) is 85.2 Å². The molecule has 0 fully saturated rings. The number of rotatable bonds is 11. The molecular weight excluding hydrogens is 475 g/mol. The maximum Gasteiger partial charge on any atom is 0.242 e. The molecule has 0 saturated heterocycles. The third-order valence-corrected chi connectivity index (χ3v) is 8.87. The summed E-state index contributed by atoms with van der Waals surface area (Å²) in [5.74, 6) is 1.04. The van der Waals surface area contributed by atoms with Crippen molar-refractivity contribution in [2.75, 3.05) is 33.8 Å². The first kappa shape index (κ1) is 26.3. The number of hydrogen-bond acceptors (Lipinski definition) is 4. The smallest absolute Gasteiger partial charge is 0.242 e. The molecular formula is C29H35FN2O3S. The second kappa shape index (κ2) is 12.0. The molecule has 3 aromatic carbocycles. The minimum atomic E-state index is -3.65. The standard InChI is InChI=1S/C29H35FN2O3S/c1-31(36(33,34)27-16-14-26(30)15-17-27)18-7-19-32(21-23-8-4-3-5-9-23)22-24-12-13-25-10-6-11-29(35-2)28(25)20-24/h3-6,8-11,14-17,24H,7,12-13,18-22H2,1-2H3. The highest BCUT2D eigenvalue weighted by Crippen LogP contribution is 2.33. The maximum absolute atomic E-state index is 13.2. The number of hydrogen-bond donors (Lipinski definition) is 0. The normalized spacial score (nSPS) is 15.8.